The van der Waals surface area contributed by atoms with Crippen LogP contribution < -0.4 is 5.32 Å². The third kappa shape index (κ3) is 4.44. The highest BCUT2D eigenvalue weighted by atomic mass is 16.7. The summed E-state index contributed by atoms with van der Waals surface area (Å²) in [5, 5.41) is 2.79. The van der Waals surface area contributed by atoms with Gasteiger partial charge in [0.05, 0.1) is 18.1 Å². The van der Waals surface area contributed by atoms with Gasteiger partial charge in [0, 0.05) is 18.4 Å². The molecule has 4 heteroatoms. The van der Waals surface area contributed by atoms with Gasteiger partial charge in [0.2, 0.25) is 5.91 Å². The molecule has 0 aliphatic heterocycles. The summed E-state index contributed by atoms with van der Waals surface area (Å²) in [5.74, 6) is 1.78. The second kappa shape index (κ2) is 7.17. The van der Waals surface area contributed by atoms with E-state index < -0.39 is 6.29 Å². The average Bonchev–Trinajstić information content (AvgIpc) is 3.08. The van der Waals surface area contributed by atoms with Crippen LogP contribution in [0.3, 0.4) is 0 Å². The normalized spacial score (nSPS) is 17.7. The van der Waals surface area contributed by atoms with Gasteiger partial charge in [-0.25, -0.2) is 0 Å². The zero-order chi connectivity index (χ0) is 14.4. The molecule has 0 saturated heterocycles. The number of ether oxygens (including phenoxy) is 2. The Morgan fingerprint density at radius 2 is 1.80 bits per heavy atom. The van der Waals surface area contributed by atoms with Crippen LogP contribution in [-0.2, 0) is 14.3 Å². The first-order valence-electron chi connectivity index (χ1n) is 7.30. The molecule has 0 radical (unpaired) electrons. The molecule has 0 saturated carbocycles. The Morgan fingerprint density at radius 3 is 2.20 bits per heavy atom. The Kier molecular flexibility index (Phi) is 5.27. The zero-order valence-electron chi connectivity index (χ0n) is 12.1. The Morgan fingerprint density at radius 1 is 1.25 bits per heavy atom. The van der Waals surface area contributed by atoms with Crippen LogP contribution in [0.1, 0.15) is 45.4 Å². The minimum atomic E-state index is -0.452. The summed E-state index contributed by atoms with van der Waals surface area (Å²) in [6.45, 7) is 5.64. The van der Waals surface area contributed by atoms with E-state index in [0.717, 1.165) is 50.0 Å². The maximum Gasteiger partial charge on any atom is 0.257 e. The lowest BCUT2D eigenvalue weighted by molar-refractivity contribution is -0.122. The van der Waals surface area contributed by atoms with E-state index in [4.69, 9.17) is 9.47 Å². The maximum atomic E-state index is 11.6. The van der Waals surface area contributed by atoms with Gasteiger partial charge in [-0.15, -0.1) is 0 Å². The summed E-state index contributed by atoms with van der Waals surface area (Å²) in [5.41, 5.74) is 0.490. The van der Waals surface area contributed by atoms with Crippen molar-refractivity contribution >= 4 is 5.91 Å². The molecule has 110 valence electrons. The molecule has 0 unspecified atom stereocenters. The third-order valence-corrected chi connectivity index (χ3v) is 3.38. The van der Waals surface area contributed by atoms with Crippen molar-refractivity contribution in [3.05, 3.63) is 35.8 Å². The molecule has 0 aromatic carbocycles. The van der Waals surface area contributed by atoms with Gasteiger partial charge >= 0.3 is 0 Å². The lowest BCUT2D eigenvalue weighted by Crippen LogP contribution is -2.35. The second-order valence-electron chi connectivity index (χ2n) is 5.28. The highest BCUT2D eigenvalue weighted by molar-refractivity contribution is 5.92. The van der Waals surface area contributed by atoms with Crippen LogP contribution in [0.15, 0.2) is 35.8 Å². The van der Waals surface area contributed by atoms with Crippen molar-refractivity contribution in [2.45, 2.75) is 51.7 Å². The first-order chi connectivity index (χ1) is 9.65. The standard InChI is InChI=1S/C16H23NO3/c1-12(2)16(18)17-11-15(19-13-7-3-4-8-13)20-14-9-5-6-10-14/h7,9,15H,1,3-6,8,10-11H2,2H3,(H,17,18). The molecule has 2 aliphatic rings. The summed E-state index contributed by atoms with van der Waals surface area (Å²) in [4.78, 5) is 11.6. The van der Waals surface area contributed by atoms with E-state index in [1.54, 1.807) is 6.92 Å². The fourth-order valence-electron chi connectivity index (χ4n) is 2.27. The highest BCUT2D eigenvalue weighted by Gasteiger charge is 2.19. The predicted octanol–water partition coefficient (Wildman–Crippen LogP) is 3.17. The van der Waals surface area contributed by atoms with Gasteiger partial charge in [-0.2, -0.15) is 0 Å². The Bertz CT molecular complexity index is 411. The summed E-state index contributed by atoms with van der Waals surface area (Å²) in [6, 6.07) is 0. The number of carbonyl (C=O) groups is 1. The summed E-state index contributed by atoms with van der Waals surface area (Å²) in [6.07, 6.45) is 10.0. The van der Waals surface area contributed by atoms with Crippen LogP contribution >= 0.6 is 0 Å². The molecule has 20 heavy (non-hydrogen) atoms. The van der Waals surface area contributed by atoms with Crippen LogP contribution in [0.25, 0.3) is 0 Å². The fourth-order valence-corrected chi connectivity index (χ4v) is 2.27. The Balaban J connectivity index is 1.88. The lowest BCUT2D eigenvalue weighted by Gasteiger charge is -2.22. The van der Waals surface area contributed by atoms with E-state index >= 15 is 0 Å². The van der Waals surface area contributed by atoms with Gasteiger partial charge in [-0.05, 0) is 44.8 Å². The molecule has 0 heterocycles. The number of allylic oxidation sites excluding steroid dienone is 4. The summed E-state index contributed by atoms with van der Waals surface area (Å²) >= 11 is 0. The number of nitrogens with one attached hydrogen (secondary N) is 1. The van der Waals surface area contributed by atoms with E-state index in [2.05, 4.69) is 24.0 Å². The van der Waals surface area contributed by atoms with Crippen LogP contribution in [-0.4, -0.2) is 18.7 Å². The maximum absolute atomic E-state index is 11.6. The van der Waals surface area contributed by atoms with Crippen molar-refractivity contribution in [3.8, 4) is 0 Å². The minimum absolute atomic E-state index is 0.164. The van der Waals surface area contributed by atoms with E-state index in [0.29, 0.717) is 12.1 Å². The topological polar surface area (TPSA) is 47.6 Å². The monoisotopic (exact) mass is 277 g/mol. The predicted molar refractivity (Wildman–Crippen MR) is 77.6 cm³/mol. The first-order valence-corrected chi connectivity index (χ1v) is 7.30. The van der Waals surface area contributed by atoms with Gasteiger partial charge in [0.15, 0.2) is 0 Å². The van der Waals surface area contributed by atoms with Gasteiger partial charge in [0.25, 0.3) is 6.29 Å². The Labute approximate surface area is 120 Å². The van der Waals surface area contributed by atoms with Crippen molar-refractivity contribution in [3.63, 3.8) is 0 Å². The van der Waals surface area contributed by atoms with Crippen LogP contribution in [0.4, 0.5) is 0 Å². The number of hydrogen-bond acceptors (Lipinski definition) is 3. The van der Waals surface area contributed by atoms with Crippen LogP contribution in [0.5, 0.6) is 0 Å². The number of carbonyl (C=O) groups excluding carboxylic acids is 1. The summed E-state index contributed by atoms with van der Waals surface area (Å²) < 4.78 is 11.7. The largest absolute Gasteiger partial charge is 0.458 e. The summed E-state index contributed by atoms with van der Waals surface area (Å²) in [7, 11) is 0. The van der Waals surface area contributed by atoms with Crippen LogP contribution in [0.2, 0.25) is 0 Å². The SMILES string of the molecule is C=C(C)C(=O)NCC(OC1=CCCC1)OC1=CCCC1. The molecular formula is C16H23NO3. The van der Waals surface area contributed by atoms with Gasteiger partial charge < -0.3 is 14.8 Å². The molecule has 2 rings (SSSR count). The van der Waals surface area contributed by atoms with Crippen molar-refractivity contribution in [2.24, 2.45) is 0 Å². The van der Waals surface area contributed by atoms with E-state index in [-0.39, 0.29) is 5.91 Å². The quantitative estimate of drug-likeness (QED) is 0.574. The minimum Gasteiger partial charge on any atom is -0.458 e. The molecule has 0 spiro atoms. The van der Waals surface area contributed by atoms with E-state index in [1.165, 1.54) is 0 Å². The van der Waals surface area contributed by atoms with Crippen molar-refractivity contribution in [1.82, 2.24) is 5.32 Å². The molecule has 1 N–H and O–H groups in total. The second-order valence-corrected chi connectivity index (χ2v) is 5.28. The number of rotatable bonds is 7. The first kappa shape index (κ1) is 14.7. The zero-order valence-corrected chi connectivity index (χ0v) is 12.1. The molecule has 1 amide bonds. The third-order valence-electron chi connectivity index (χ3n) is 3.38. The smallest absolute Gasteiger partial charge is 0.257 e. The molecule has 2 aliphatic carbocycles. The number of hydrogen-bond donors (Lipinski definition) is 1. The van der Waals surface area contributed by atoms with E-state index in [1.807, 2.05) is 0 Å². The fraction of sp³-hybridized carbons (Fsp3) is 0.562. The molecule has 0 aromatic rings. The highest BCUT2D eigenvalue weighted by Crippen LogP contribution is 2.24. The van der Waals surface area contributed by atoms with Crippen molar-refractivity contribution in [2.75, 3.05) is 6.54 Å². The van der Waals surface area contributed by atoms with Gasteiger partial charge in [-0.1, -0.05) is 6.58 Å². The molecule has 0 fully saturated rings. The van der Waals surface area contributed by atoms with Crippen molar-refractivity contribution < 1.29 is 14.3 Å². The number of amides is 1. The van der Waals surface area contributed by atoms with Gasteiger partial charge in [-0.3, -0.25) is 4.79 Å². The molecule has 4 nitrogen and oxygen atoms in total. The van der Waals surface area contributed by atoms with Crippen molar-refractivity contribution in [1.29, 1.82) is 0 Å². The molecular weight excluding hydrogens is 254 g/mol. The Hall–Kier alpha value is -1.71. The molecule has 0 aromatic heterocycles. The molecule has 0 atom stereocenters. The molecule has 0 bridgehead atoms. The lowest BCUT2D eigenvalue weighted by atomic mass is 10.3. The van der Waals surface area contributed by atoms with Crippen LogP contribution in [0, 0.1) is 0 Å². The average molecular weight is 277 g/mol. The van der Waals surface area contributed by atoms with E-state index in [9.17, 15) is 4.79 Å². The van der Waals surface area contributed by atoms with Gasteiger partial charge in [0.1, 0.15) is 0 Å².